The summed E-state index contributed by atoms with van der Waals surface area (Å²) in [6.45, 7) is 7.02. The van der Waals surface area contributed by atoms with E-state index in [0.29, 0.717) is 19.1 Å². The number of aliphatic hydroxyl groups is 1. The van der Waals surface area contributed by atoms with Crippen molar-refractivity contribution < 1.29 is 9.84 Å². The molecule has 0 aliphatic rings. The number of nitrogens with zero attached hydrogens (tertiary/aromatic N) is 3. The van der Waals surface area contributed by atoms with E-state index in [2.05, 4.69) is 34.1 Å². The van der Waals surface area contributed by atoms with Gasteiger partial charge in [-0.3, -0.25) is 0 Å². The molecule has 0 spiro atoms. The first kappa shape index (κ1) is 16.9. The van der Waals surface area contributed by atoms with Gasteiger partial charge < -0.3 is 15.2 Å². The number of anilines is 1. The number of aliphatic hydroxyl groups excluding tert-OH is 1. The molecule has 1 unspecified atom stereocenters. The van der Waals surface area contributed by atoms with Crippen molar-refractivity contribution in [3.05, 3.63) is 5.28 Å². The molecule has 7 heteroatoms. The van der Waals surface area contributed by atoms with E-state index >= 15 is 0 Å². The van der Waals surface area contributed by atoms with E-state index < -0.39 is 6.10 Å². The van der Waals surface area contributed by atoms with Gasteiger partial charge in [-0.2, -0.15) is 15.0 Å². The summed E-state index contributed by atoms with van der Waals surface area (Å²) in [5.41, 5.74) is 0. The van der Waals surface area contributed by atoms with Gasteiger partial charge in [-0.15, -0.1) is 0 Å². The molecular formula is C13H23ClN4O2. The van der Waals surface area contributed by atoms with Gasteiger partial charge in [0.05, 0.1) is 12.7 Å². The first-order chi connectivity index (χ1) is 9.60. The zero-order chi connectivity index (χ0) is 15.0. The molecule has 1 atom stereocenters. The molecule has 0 saturated heterocycles. The Kier molecular flexibility index (Phi) is 7.54. The summed E-state index contributed by atoms with van der Waals surface area (Å²) in [6.07, 6.45) is 2.28. The molecule has 0 aliphatic heterocycles. The Labute approximate surface area is 125 Å². The molecule has 1 heterocycles. The first-order valence-corrected chi connectivity index (χ1v) is 7.44. The van der Waals surface area contributed by atoms with Crippen molar-refractivity contribution >= 4 is 17.5 Å². The molecule has 1 rings (SSSR count). The number of hydrogen-bond acceptors (Lipinski definition) is 6. The summed E-state index contributed by atoms with van der Waals surface area (Å²) in [7, 11) is 0. The van der Waals surface area contributed by atoms with Crippen molar-refractivity contribution in [3.8, 4) is 6.01 Å². The second-order valence-electron chi connectivity index (χ2n) is 4.58. The molecule has 0 bridgehead atoms. The highest BCUT2D eigenvalue weighted by atomic mass is 35.5. The van der Waals surface area contributed by atoms with Crippen LogP contribution in [-0.4, -0.2) is 39.3 Å². The van der Waals surface area contributed by atoms with Crippen molar-refractivity contribution in [3.63, 3.8) is 0 Å². The van der Waals surface area contributed by atoms with Crippen molar-refractivity contribution in [2.75, 3.05) is 18.5 Å². The zero-order valence-corrected chi connectivity index (χ0v) is 13.0. The highest BCUT2D eigenvalue weighted by molar-refractivity contribution is 6.28. The Hall–Kier alpha value is -1.14. The quantitative estimate of drug-likeness (QED) is 0.729. The number of aromatic nitrogens is 3. The Morgan fingerprint density at radius 1 is 1.20 bits per heavy atom. The predicted molar refractivity (Wildman–Crippen MR) is 79.2 cm³/mol. The second-order valence-corrected chi connectivity index (χ2v) is 4.92. The third-order valence-electron chi connectivity index (χ3n) is 3.09. The average Bonchev–Trinajstić information content (AvgIpc) is 2.43. The standard InChI is InChI=1S/C13H23ClN4O2/c1-4-7-20-13-17-11(14)16-12(18-13)15-8-10(19)9(5-2)6-3/h9-10,19H,4-8H2,1-3H3,(H,15,16,17,18). The van der Waals surface area contributed by atoms with Gasteiger partial charge in [-0.25, -0.2) is 0 Å². The van der Waals surface area contributed by atoms with E-state index in [1.807, 2.05) is 6.92 Å². The lowest BCUT2D eigenvalue weighted by molar-refractivity contribution is 0.114. The molecule has 6 nitrogen and oxygen atoms in total. The van der Waals surface area contributed by atoms with Crippen LogP contribution >= 0.6 is 11.6 Å². The van der Waals surface area contributed by atoms with E-state index in [-0.39, 0.29) is 17.2 Å². The van der Waals surface area contributed by atoms with Crippen LogP contribution in [0, 0.1) is 5.92 Å². The lowest BCUT2D eigenvalue weighted by Gasteiger charge is -2.20. The monoisotopic (exact) mass is 302 g/mol. The molecule has 0 fully saturated rings. The first-order valence-electron chi connectivity index (χ1n) is 7.06. The molecule has 114 valence electrons. The average molecular weight is 303 g/mol. The maximum atomic E-state index is 10.1. The second kappa shape index (κ2) is 8.92. The van der Waals surface area contributed by atoms with Crippen LogP contribution in [0.2, 0.25) is 5.28 Å². The summed E-state index contributed by atoms with van der Waals surface area (Å²) >= 11 is 5.82. The molecule has 0 radical (unpaired) electrons. The van der Waals surface area contributed by atoms with E-state index in [1.54, 1.807) is 0 Å². The van der Waals surface area contributed by atoms with E-state index in [0.717, 1.165) is 19.3 Å². The van der Waals surface area contributed by atoms with Crippen LogP contribution < -0.4 is 10.1 Å². The number of nitrogens with one attached hydrogen (secondary N) is 1. The van der Waals surface area contributed by atoms with Gasteiger partial charge in [-0.05, 0) is 23.9 Å². The minimum Gasteiger partial charge on any atom is -0.463 e. The van der Waals surface area contributed by atoms with Crippen LogP contribution in [0.4, 0.5) is 5.95 Å². The van der Waals surface area contributed by atoms with Crippen LogP contribution in [0.5, 0.6) is 6.01 Å². The third kappa shape index (κ3) is 5.46. The Bertz CT molecular complexity index is 402. The van der Waals surface area contributed by atoms with Gasteiger partial charge in [0.2, 0.25) is 11.2 Å². The van der Waals surface area contributed by atoms with Gasteiger partial charge in [0, 0.05) is 6.54 Å². The molecule has 0 amide bonds. The molecule has 1 aromatic heterocycles. The fourth-order valence-electron chi connectivity index (χ4n) is 1.86. The topological polar surface area (TPSA) is 80.2 Å². The number of hydrogen-bond donors (Lipinski definition) is 2. The lowest BCUT2D eigenvalue weighted by atomic mass is 9.97. The van der Waals surface area contributed by atoms with Crippen LogP contribution in [0.15, 0.2) is 0 Å². The molecule has 2 N–H and O–H groups in total. The highest BCUT2D eigenvalue weighted by Crippen LogP contribution is 2.15. The fraction of sp³-hybridized carbons (Fsp3) is 0.769. The Morgan fingerprint density at radius 2 is 1.90 bits per heavy atom. The molecule has 20 heavy (non-hydrogen) atoms. The Morgan fingerprint density at radius 3 is 2.50 bits per heavy atom. The number of ether oxygens (including phenoxy) is 1. The third-order valence-corrected chi connectivity index (χ3v) is 3.25. The molecule has 0 saturated carbocycles. The summed E-state index contributed by atoms with van der Waals surface area (Å²) in [5, 5.41) is 13.1. The van der Waals surface area contributed by atoms with Crippen LogP contribution in [0.25, 0.3) is 0 Å². The van der Waals surface area contributed by atoms with E-state index in [9.17, 15) is 5.11 Å². The molecular weight excluding hydrogens is 280 g/mol. The Balaban J connectivity index is 2.60. The fourth-order valence-corrected chi connectivity index (χ4v) is 2.02. The number of rotatable bonds is 9. The largest absolute Gasteiger partial charge is 0.463 e. The summed E-state index contributed by atoms with van der Waals surface area (Å²) in [4.78, 5) is 12.0. The lowest BCUT2D eigenvalue weighted by Crippen LogP contribution is -2.28. The maximum Gasteiger partial charge on any atom is 0.322 e. The predicted octanol–water partition coefficient (Wildman–Crippen LogP) is 2.52. The minimum atomic E-state index is -0.444. The summed E-state index contributed by atoms with van der Waals surface area (Å²) < 4.78 is 5.32. The van der Waals surface area contributed by atoms with Crippen LogP contribution in [0.3, 0.4) is 0 Å². The smallest absolute Gasteiger partial charge is 0.322 e. The van der Waals surface area contributed by atoms with Crippen molar-refractivity contribution in [2.24, 2.45) is 5.92 Å². The molecule has 1 aromatic rings. The number of halogens is 1. The van der Waals surface area contributed by atoms with Gasteiger partial charge in [0.1, 0.15) is 0 Å². The van der Waals surface area contributed by atoms with E-state index in [4.69, 9.17) is 16.3 Å². The summed E-state index contributed by atoms with van der Waals surface area (Å²) in [5.74, 6) is 0.580. The van der Waals surface area contributed by atoms with Gasteiger partial charge >= 0.3 is 6.01 Å². The van der Waals surface area contributed by atoms with E-state index in [1.165, 1.54) is 0 Å². The molecule has 0 aromatic carbocycles. The van der Waals surface area contributed by atoms with Gasteiger partial charge in [-0.1, -0.05) is 33.6 Å². The van der Waals surface area contributed by atoms with Crippen LogP contribution in [0.1, 0.15) is 40.0 Å². The van der Waals surface area contributed by atoms with Crippen LogP contribution in [-0.2, 0) is 0 Å². The summed E-state index contributed by atoms with van der Waals surface area (Å²) in [6, 6.07) is 0.200. The van der Waals surface area contributed by atoms with Crippen molar-refractivity contribution in [1.82, 2.24) is 15.0 Å². The normalized spacial score (nSPS) is 12.5. The zero-order valence-electron chi connectivity index (χ0n) is 12.3. The highest BCUT2D eigenvalue weighted by Gasteiger charge is 2.16. The van der Waals surface area contributed by atoms with Gasteiger partial charge in [0.15, 0.2) is 0 Å². The SMILES string of the molecule is CCCOc1nc(Cl)nc(NCC(O)C(CC)CC)n1. The van der Waals surface area contributed by atoms with Crippen molar-refractivity contribution in [2.45, 2.75) is 46.1 Å². The molecule has 0 aliphatic carbocycles. The maximum absolute atomic E-state index is 10.1. The van der Waals surface area contributed by atoms with Gasteiger partial charge in [0.25, 0.3) is 0 Å². The minimum absolute atomic E-state index is 0.0747. The van der Waals surface area contributed by atoms with Crippen molar-refractivity contribution in [1.29, 1.82) is 0 Å².